The summed E-state index contributed by atoms with van der Waals surface area (Å²) in [5.41, 5.74) is 0. The number of hydrogen-bond acceptors (Lipinski definition) is 5. The van der Waals surface area contributed by atoms with Crippen molar-refractivity contribution in [3.05, 3.63) is 42.5 Å². The lowest BCUT2D eigenvalue weighted by Gasteiger charge is -2.08. The van der Waals surface area contributed by atoms with E-state index in [1.54, 1.807) is 12.1 Å². The van der Waals surface area contributed by atoms with E-state index < -0.39 is 15.9 Å². The molecule has 0 radical (unpaired) electrons. The van der Waals surface area contributed by atoms with Crippen LogP contribution in [0.5, 0.6) is 0 Å². The maximum absolute atomic E-state index is 12.3. The summed E-state index contributed by atoms with van der Waals surface area (Å²) in [6, 6.07) is 12.2. The number of fused-ring (bicyclic) bond motifs is 1. The molecule has 2 N–H and O–H groups in total. The van der Waals surface area contributed by atoms with Crippen molar-refractivity contribution in [2.75, 3.05) is 20.2 Å². The average molecular weight is 364 g/mol. The molecule has 0 aliphatic rings. The molecule has 0 saturated heterocycles. The number of rotatable bonds is 8. The van der Waals surface area contributed by atoms with Crippen LogP contribution in [-0.4, -0.2) is 40.5 Å². The van der Waals surface area contributed by atoms with Gasteiger partial charge in [0.25, 0.3) is 0 Å². The molecule has 0 aliphatic heterocycles. The van der Waals surface area contributed by atoms with Crippen molar-refractivity contribution in [2.45, 2.75) is 17.7 Å². The number of methoxy groups -OCH3 is 1. The Morgan fingerprint density at radius 2 is 1.80 bits per heavy atom. The molecule has 134 valence electrons. The third-order valence-electron chi connectivity index (χ3n) is 3.56. The Kier molecular flexibility index (Phi) is 6.49. The van der Waals surface area contributed by atoms with Crippen LogP contribution in [0.1, 0.15) is 12.8 Å². The van der Waals surface area contributed by atoms with Crippen LogP contribution in [0.3, 0.4) is 0 Å². The van der Waals surface area contributed by atoms with Gasteiger partial charge in [-0.05, 0) is 29.3 Å². The fourth-order valence-electron chi connectivity index (χ4n) is 2.20. The molecule has 0 saturated carbocycles. The number of esters is 1. The predicted molar refractivity (Wildman–Crippen MR) is 93.4 cm³/mol. The molecule has 0 fully saturated rings. The summed E-state index contributed by atoms with van der Waals surface area (Å²) in [6.07, 6.45) is 0.620. The lowest BCUT2D eigenvalue weighted by atomic mass is 10.1. The molecule has 0 aromatic heterocycles. The van der Waals surface area contributed by atoms with Gasteiger partial charge in [-0.1, -0.05) is 30.3 Å². The van der Waals surface area contributed by atoms with Gasteiger partial charge in [0.1, 0.15) is 0 Å². The number of carbonyl (C=O) groups excluding carboxylic acids is 2. The zero-order valence-electron chi connectivity index (χ0n) is 13.8. The molecule has 2 aromatic carbocycles. The van der Waals surface area contributed by atoms with Gasteiger partial charge in [-0.25, -0.2) is 13.1 Å². The molecule has 0 heterocycles. The molecular formula is C17H20N2O5S. The number of ether oxygens (including phenoxy) is 1. The van der Waals surface area contributed by atoms with Gasteiger partial charge in [0, 0.05) is 13.0 Å². The highest BCUT2D eigenvalue weighted by Gasteiger charge is 2.15. The highest BCUT2D eigenvalue weighted by molar-refractivity contribution is 7.89. The quantitative estimate of drug-likeness (QED) is 0.541. The molecular weight excluding hydrogens is 344 g/mol. The summed E-state index contributed by atoms with van der Waals surface area (Å²) in [5.74, 6) is -0.819. The lowest BCUT2D eigenvalue weighted by molar-refractivity contribution is -0.140. The van der Waals surface area contributed by atoms with Crippen molar-refractivity contribution in [2.24, 2.45) is 0 Å². The van der Waals surface area contributed by atoms with Crippen molar-refractivity contribution in [3.8, 4) is 0 Å². The van der Waals surface area contributed by atoms with Crippen molar-refractivity contribution >= 4 is 32.7 Å². The fraction of sp³-hybridized carbons (Fsp3) is 0.294. The number of hydrogen-bond donors (Lipinski definition) is 2. The SMILES string of the molecule is COC(=O)CCCNC(=O)CNS(=O)(=O)c1ccc2ccccc2c1. The van der Waals surface area contributed by atoms with Gasteiger partial charge >= 0.3 is 5.97 Å². The topological polar surface area (TPSA) is 102 Å². The van der Waals surface area contributed by atoms with Gasteiger partial charge in [0.2, 0.25) is 15.9 Å². The third-order valence-corrected chi connectivity index (χ3v) is 4.96. The van der Waals surface area contributed by atoms with Gasteiger partial charge in [-0.2, -0.15) is 0 Å². The van der Waals surface area contributed by atoms with E-state index in [-0.39, 0.29) is 30.4 Å². The zero-order chi connectivity index (χ0) is 18.3. The Hall–Kier alpha value is -2.45. The van der Waals surface area contributed by atoms with Crippen LogP contribution >= 0.6 is 0 Å². The van der Waals surface area contributed by atoms with Gasteiger partial charge in [0.15, 0.2) is 0 Å². The lowest BCUT2D eigenvalue weighted by Crippen LogP contribution is -2.37. The highest BCUT2D eigenvalue weighted by Crippen LogP contribution is 2.18. The second kappa shape index (κ2) is 8.59. The predicted octanol–water partition coefficient (Wildman–Crippen LogP) is 1.19. The Morgan fingerprint density at radius 1 is 1.08 bits per heavy atom. The summed E-state index contributed by atoms with van der Waals surface area (Å²) in [7, 11) is -2.49. The second-order valence-corrected chi connectivity index (χ2v) is 7.13. The molecule has 8 heteroatoms. The molecule has 0 spiro atoms. The van der Waals surface area contributed by atoms with Gasteiger partial charge in [-0.3, -0.25) is 9.59 Å². The molecule has 0 atom stereocenters. The molecule has 0 unspecified atom stereocenters. The normalized spacial score (nSPS) is 11.2. The second-order valence-electron chi connectivity index (χ2n) is 5.36. The van der Waals surface area contributed by atoms with E-state index in [9.17, 15) is 18.0 Å². The van der Waals surface area contributed by atoms with E-state index in [1.807, 2.05) is 24.3 Å². The molecule has 2 rings (SSSR count). The van der Waals surface area contributed by atoms with Crippen LogP contribution in [0, 0.1) is 0 Å². The average Bonchev–Trinajstić information content (AvgIpc) is 2.63. The monoisotopic (exact) mass is 364 g/mol. The smallest absolute Gasteiger partial charge is 0.305 e. The Bertz CT molecular complexity index is 864. The molecule has 2 aromatic rings. The first-order valence-electron chi connectivity index (χ1n) is 7.74. The van der Waals surface area contributed by atoms with Crippen molar-refractivity contribution in [1.29, 1.82) is 0 Å². The maximum atomic E-state index is 12.3. The van der Waals surface area contributed by atoms with Crippen LogP contribution in [0.15, 0.2) is 47.4 Å². The van der Waals surface area contributed by atoms with Crippen LogP contribution in [-0.2, 0) is 24.3 Å². The fourth-order valence-corrected chi connectivity index (χ4v) is 3.22. The summed E-state index contributed by atoms with van der Waals surface area (Å²) >= 11 is 0. The van der Waals surface area contributed by atoms with E-state index >= 15 is 0 Å². The number of amides is 1. The maximum Gasteiger partial charge on any atom is 0.305 e. The van der Waals surface area contributed by atoms with E-state index in [0.29, 0.717) is 6.42 Å². The highest BCUT2D eigenvalue weighted by atomic mass is 32.2. The summed E-state index contributed by atoms with van der Waals surface area (Å²) in [6.45, 7) is -0.0982. The van der Waals surface area contributed by atoms with Crippen LogP contribution < -0.4 is 10.0 Å². The number of nitrogens with one attached hydrogen (secondary N) is 2. The third kappa shape index (κ3) is 5.54. The van der Waals surface area contributed by atoms with E-state index in [4.69, 9.17) is 0 Å². The summed E-state index contributed by atoms with van der Waals surface area (Å²) in [4.78, 5) is 22.7. The van der Waals surface area contributed by atoms with Gasteiger partial charge in [-0.15, -0.1) is 0 Å². The Labute approximate surface area is 146 Å². The largest absolute Gasteiger partial charge is 0.469 e. The van der Waals surface area contributed by atoms with Crippen molar-refractivity contribution < 1.29 is 22.7 Å². The first-order valence-corrected chi connectivity index (χ1v) is 9.22. The first-order chi connectivity index (χ1) is 11.9. The Balaban J connectivity index is 1.87. The Morgan fingerprint density at radius 3 is 2.52 bits per heavy atom. The van der Waals surface area contributed by atoms with E-state index in [0.717, 1.165) is 10.8 Å². The molecule has 1 amide bonds. The van der Waals surface area contributed by atoms with Crippen molar-refractivity contribution in [3.63, 3.8) is 0 Å². The molecule has 25 heavy (non-hydrogen) atoms. The van der Waals surface area contributed by atoms with Crippen molar-refractivity contribution in [1.82, 2.24) is 10.0 Å². The summed E-state index contributed by atoms with van der Waals surface area (Å²) < 4.78 is 31.3. The minimum absolute atomic E-state index is 0.102. The van der Waals surface area contributed by atoms with Crippen LogP contribution in [0.2, 0.25) is 0 Å². The minimum Gasteiger partial charge on any atom is -0.469 e. The first kappa shape index (κ1) is 18.9. The van der Waals surface area contributed by atoms with Gasteiger partial charge in [0.05, 0.1) is 18.6 Å². The number of sulfonamides is 1. The number of carbonyl (C=O) groups is 2. The summed E-state index contributed by atoms with van der Waals surface area (Å²) in [5, 5.41) is 4.28. The standard InChI is InChI=1S/C17H20N2O5S/c1-24-17(21)7-4-10-18-16(20)12-19-25(22,23)15-9-8-13-5-2-3-6-14(13)11-15/h2-3,5-6,8-9,11,19H,4,7,10,12H2,1H3,(H,18,20). The van der Waals surface area contributed by atoms with E-state index in [1.165, 1.54) is 13.2 Å². The van der Waals surface area contributed by atoms with Crippen LogP contribution in [0.4, 0.5) is 0 Å². The molecule has 0 aliphatic carbocycles. The van der Waals surface area contributed by atoms with E-state index in [2.05, 4.69) is 14.8 Å². The van der Waals surface area contributed by atoms with Gasteiger partial charge < -0.3 is 10.1 Å². The molecule has 7 nitrogen and oxygen atoms in total. The van der Waals surface area contributed by atoms with Crippen LogP contribution in [0.25, 0.3) is 10.8 Å². The zero-order valence-corrected chi connectivity index (χ0v) is 14.6. The molecule has 0 bridgehead atoms. The number of benzene rings is 2. The minimum atomic E-state index is -3.78.